The average molecular weight is 314 g/mol. The normalized spacial score (nSPS) is 12.0. The number of rotatable bonds is 4. The molecule has 0 amide bonds. The van der Waals surface area contributed by atoms with Gasteiger partial charge in [-0.05, 0) is 19.4 Å². The fraction of sp³-hybridized carbons (Fsp3) is 0.136. The van der Waals surface area contributed by atoms with Gasteiger partial charge in [0.2, 0.25) is 0 Å². The van der Waals surface area contributed by atoms with Crippen molar-refractivity contribution in [1.82, 2.24) is 9.55 Å². The van der Waals surface area contributed by atoms with Crippen LogP contribution in [0, 0.1) is 0 Å². The number of hydrogen-bond donors (Lipinski definition) is 0. The minimum absolute atomic E-state index is 0.980. The second kappa shape index (κ2) is 7.14. The number of benzene rings is 2. The molecular weight excluding hydrogens is 292 g/mol. The minimum Gasteiger partial charge on any atom is -0.327 e. The van der Waals surface area contributed by atoms with Crippen molar-refractivity contribution in [2.75, 3.05) is 0 Å². The highest BCUT2D eigenvalue weighted by Gasteiger charge is 2.18. The van der Waals surface area contributed by atoms with Crippen LogP contribution in [0.25, 0.3) is 28.2 Å². The van der Waals surface area contributed by atoms with E-state index in [1.807, 2.05) is 31.2 Å². The number of aromatic nitrogens is 2. The molecule has 0 N–H and O–H groups in total. The van der Waals surface area contributed by atoms with Gasteiger partial charge in [-0.15, -0.1) is 0 Å². The summed E-state index contributed by atoms with van der Waals surface area (Å²) in [6.07, 6.45) is 6.34. The van der Waals surface area contributed by atoms with Gasteiger partial charge in [0, 0.05) is 18.2 Å². The van der Waals surface area contributed by atoms with E-state index >= 15 is 0 Å². The maximum Gasteiger partial charge on any atom is 0.140 e. The third kappa shape index (κ3) is 2.95. The molecule has 0 aliphatic heterocycles. The summed E-state index contributed by atoms with van der Waals surface area (Å²) in [5, 5.41) is 0. The maximum absolute atomic E-state index is 4.99. The summed E-state index contributed by atoms with van der Waals surface area (Å²) in [4.78, 5) is 4.99. The van der Waals surface area contributed by atoms with Gasteiger partial charge in [0.1, 0.15) is 5.82 Å². The SMILES string of the molecule is C/C=C\C(=C/C)c1c(-c2ccccc2)nc(-c2ccccc2)n1C. The quantitative estimate of drug-likeness (QED) is 0.562. The standard InChI is InChI=1S/C22H22N2/c1-4-12-17(5-2)21-20(18-13-8-6-9-14-18)23-22(24(21)3)19-15-10-7-11-16-19/h4-16H,1-3H3/b12-4-,17-5+. The van der Waals surface area contributed by atoms with Crippen molar-refractivity contribution in [2.24, 2.45) is 7.05 Å². The molecule has 0 saturated carbocycles. The van der Waals surface area contributed by atoms with Gasteiger partial charge in [-0.3, -0.25) is 0 Å². The zero-order chi connectivity index (χ0) is 16.9. The Morgan fingerprint density at radius 2 is 1.46 bits per heavy atom. The summed E-state index contributed by atoms with van der Waals surface area (Å²) in [6, 6.07) is 20.7. The van der Waals surface area contributed by atoms with Crippen LogP contribution in [0.5, 0.6) is 0 Å². The molecule has 1 aromatic heterocycles. The molecule has 1 heterocycles. The second-order valence-electron chi connectivity index (χ2n) is 5.67. The van der Waals surface area contributed by atoms with E-state index in [4.69, 9.17) is 4.98 Å². The molecule has 2 heteroatoms. The van der Waals surface area contributed by atoms with Crippen molar-refractivity contribution >= 4 is 5.57 Å². The van der Waals surface area contributed by atoms with E-state index in [2.05, 4.69) is 73.2 Å². The Hall–Kier alpha value is -2.87. The molecular formula is C22H22N2. The highest BCUT2D eigenvalue weighted by molar-refractivity contribution is 5.84. The lowest BCUT2D eigenvalue weighted by Crippen LogP contribution is -1.98. The summed E-state index contributed by atoms with van der Waals surface area (Å²) < 4.78 is 2.19. The minimum atomic E-state index is 0.980. The molecule has 0 aliphatic rings. The zero-order valence-electron chi connectivity index (χ0n) is 14.4. The lowest BCUT2D eigenvalue weighted by atomic mass is 10.0. The molecule has 24 heavy (non-hydrogen) atoms. The van der Waals surface area contributed by atoms with Gasteiger partial charge in [-0.2, -0.15) is 0 Å². The predicted octanol–water partition coefficient (Wildman–Crippen LogP) is 5.73. The van der Waals surface area contributed by atoms with Crippen LogP contribution in [-0.2, 0) is 7.05 Å². The summed E-state index contributed by atoms with van der Waals surface area (Å²) in [5.41, 5.74) is 5.59. The number of allylic oxidation sites excluding steroid dienone is 4. The monoisotopic (exact) mass is 314 g/mol. The van der Waals surface area contributed by atoms with E-state index < -0.39 is 0 Å². The summed E-state index contributed by atoms with van der Waals surface area (Å²) in [6.45, 7) is 4.11. The first-order valence-corrected chi connectivity index (χ1v) is 8.23. The Morgan fingerprint density at radius 3 is 2.00 bits per heavy atom. The van der Waals surface area contributed by atoms with Gasteiger partial charge in [0.25, 0.3) is 0 Å². The topological polar surface area (TPSA) is 17.8 Å². The van der Waals surface area contributed by atoms with E-state index in [0.29, 0.717) is 0 Å². The van der Waals surface area contributed by atoms with E-state index in [1.54, 1.807) is 0 Å². The third-order valence-corrected chi connectivity index (χ3v) is 4.11. The highest BCUT2D eigenvalue weighted by Crippen LogP contribution is 2.33. The number of hydrogen-bond acceptors (Lipinski definition) is 1. The summed E-state index contributed by atoms with van der Waals surface area (Å²) >= 11 is 0. The molecule has 0 radical (unpaired) electrons. The Morgan fingerprint density at radius 1 is 0.875 bits per heavy atom. The molecule has 120 valence electrons. The highest BCUT2D eigenvalue weighted by atomic mass is 15.1. The third-order valence-electron chi connectivity index (χ3n) is 4.11. The second-order valence-corrected chi connectivity index (χ2v) is 5.67. The maximum atomic E-state index is 4.99. The van der Waals surface area contributed by atoms with Crippen molar-refractivity contribution in [1.29, 1.82) is 0 Å². The van der Waals surface area contributed by atoms with Crippen LogP contribution in [0.1, 0.15) is 19.5 Å². The van der Waals surface area contributed by atoms with Crippen molar-refractivity contribution in [3.63, 3.8) is 0 Å². The number of imidazole rings is 1. The van der Waals surface area contributed by atoms with Crippen LogP contribution in [0.2, 0.25) is 0 Å². The zero-order valence-corrected chi connectivity index (χ0v) is 14.4. The first-order chi connectivity index (χ1) is 11.8. The van der Waals surface area contributed by atoms with E-state index in [9.17, 15) is 0 Å². The molecule has 3 aromatic rings. The predicted molar refractivity (Wildman–Crippen MR) is 103 cm³/mol. The Labute approximate surface area is 143 Å². The van der Waals surface area contributed by atoms with Crippen molar-refractivity contribution in [3.05, 3.63) is 84.6 Å². The average Bonchev–Trinajstić information content (AvgIpc) is 2.98. The molecule has 0 aliphatic carbocycles. The van der Waals surface area contributed by atoms with Crippen molar-refractivity contribution in [3.8, 4) is 22.6 Å². The summed E-state index contributed by atoms with van der Waals surface area (Å²) in [7, 11) is 2.09. The number of nitrogens with zero attached hydrogens (tertiary/aromatic N) is 2. The van der Waals surface area contributed by atoms with Crippen LogP contribution in [-0.4, -0.2) is 9.55 Å². The molecule has 0 spiro atoms. The molecule has 0 atom stereocenters. The molecule has 3 rings (SSSR count). The van der Waals surface area contributed by atoms with Gasteiger partial charge in [0.15, 0.2) is 0 Å². The van der Waals surface area contributed by atoms with Crippen LogP contribution < -0.4 is 0 Å². The van der Waals surface area contributed by atoms with Gasteiger partial charge in [-0.1, -0.05) is 78.9 Å². The summed E-state index contributed by atoms with van der Waals surface area (Å²) in [5.74, 6) is 0.980. The fourth-order valence-corrected chi connectivity index (χ4v) is 2.96. The molecule has 0 saturated heterocycles. The largest absolute Gasteiger partial charge is 0.327 e. The Balaban J connectivity index is 2.28. The van der Waals surface area contributed by atoms with Gasteiger partial charge >= 0.3 is 0 Å². The molecule has 2 nitrogen and oxygen atoms in total. The Bertz CT molecular complexity index is 869. The smallest absolute Gasteiger partial charge is 0.140 e. The van der Waals surface area contributed by atoms with Crippen LogP contribution in [0.4, 0.5) is 0 Å². The van der Waals surface area contributed by atoms with E-state index in [0.717, 1.165) is 28.3 Å². The van der Waals surface area contributed by atoms with E-state index in [-0.39, 0.29) is 0 Å². The van der Waals surface area contributed by atoms with Crippen LogP contribution in [0.3, 0.4) is 0 Å². The first kappa shape index (κ1) is 16.0. The van der Waals surface area contributed by atoms with Crippen molar-refractivity contribution < 1.29 is 0 Å². The van der Waals surface area contributed by atoms with Crippen LogP contribution >= 0.6 is 0 Å². The van der Waals surface area contributed by atoms with Gasteiger partial charge in [-0.25, -0.2) is 4.98 Å². The van der Waals surface area contributed by atoms with Crippen LogP contribution in [0.15, 0.2) is 78.9 Å². The molecule has 0 unspecified atom stereocenters. The molecule has 0 fully saturated rings. The van der Waals surface area contributed by atoms with Gasteiger partial charge in [0.05, 0.1) is 11.4 Å². The molecule has 2 aromatic carbocycles. The lowest BCUT2D eigenvalue weighted by Gasteiger charge is -2.09. The first-order valence-electron chi connectivity index (χ1n) is 8.23. The Kier molecular flexibility index (Phi) is 4.76. The fourth-order valence-electron chi connectivity index (χ4n) is 2.96. The van der Waals surface area contributed by atoms with E-state index in [1.165, 1.54) is 5.57 Å². The van der Waals surface area contributed by atoms with Crippen molar-refractivity contribution in [2.45, 2.75) is 13.8 Å². The lowest BCUT2D eigenvalue weighted by molar-refractivity contribution is 0.909. The van der Waals surface area contributed by atoms with Gasteiger partial charge < -0.3 is 4.57 Å². The molecule has 0 bridgehead atoms.